The molecule has 1 aliphatic heterocycles. The monoisotopic (exact) mass is 281 g/mol. The summed E-state index contributed by atoms with van der Waals surface area (Å²) in [6, 6.07) is 9.44. The lowest BCUT2D eigenvalue weighted by atomic mass is 10.0. The summed E-state index contributed by atoms with van der Waals surface area (Å²) in [5, 5.41) is 12.9. The molecule has 0 spiro atoms. The van der Waals surface area contributed by atoms with Crippen LogP contribution in [0.15, 0.2) is 60.8 Å². The van der Waals surface area contributed by atoms with Crippen molar-refractivity contribution in [2.75, 3.05) is 0 Å². The average Bonchev–Trinajstić information content (AvgIpc) is 2.75. The minimum absolute atomic E-state index is 0.0324. The summed E-state index contributed by atoms with van der Waals surface area (Å²) in [7, 11) is 0. The molecule has 0 saturated heterocycles. The van der Waals surface area contributed by atoms with Gasteiger partial charge in [-0.2, -0.15) is 4.58 Å². The van der Waals surface area contributed by atoms with Crippen LogP contribution in [0.1, 0.15) is 39.2 Å². The van der Waals surface area contributed by atoms with Gasteiger partial charge in [0.15, 0.2) is 16.9 Å². The third kappa shape index (κ3) is 3.15. The molecule has 1 aromatic carbocycles. The topological polar surface area (TPSA) is 26.1 Å². The number of nitrogens with zero attached hydrogens (tertiary/aromatic N) is 1. The molecule has 0 bridgehead atoms. The highest BCUT2D eigenvalue weighted by molar-refractivity contribution is 5.79. The number of hydrogen-bond donors (Lipinski definition) is 0. The van der Waals surface area contributed by atoms with Crippen LogP contribution in [0.2, 0.25) is 0 Å². The Labute approximate surface area is 127 Å². The first-order valence-corrected chi connectivity index (χ1v) is 7.36. The Bertz CT molecular complexity index is 618. The lowest BCUT2D eigenvalue weighted by molar-refractivity contribution is -0.546. The van der Waals surface area contributed by atoms with Crippen LogP contribution in [0.3, 0.4) is 0 Å². The fourth-order valence-corrected chi connectivity index (χ4v) is 2.91. The predicted octanol–water partition coefficient (Wildman–Crippen LogP) is 3.50. The van der Waals surface area contributed by atoms with Crippen molar-refractivity contribution < 1.29 is 9.68 Å². The maximum atomic E-state index is 12.9. The first-order valence-electron chi connectivity index (χ1n) is 7.36. The minimum atomic E-state index is -0.0324. The van der Waals surface area contributed by atoms with E-state index in [0.717, 1.165) is 24.1 Å². The summed E-state index contributed by atoms with van der Waals surface area (Å²) in [5.74, 6) is 0.0584. The molecule has 0 atom stereocenters. The first-order chi connectivity index (χ1) is 9.97. The first kappa shape index (κ1) is 15.3. The van der Waals surface area contributed by atoms with Crippen molar-refractivity contribution in [3.8, 4) is 0 Å². The Balaban J connectivity index is 2.62. The molecule has 2 nitrogen and oxygen atoms in total. The SMILES string of the molecule is C=C/C=C/C(=C(\[O-])c1ccccc1)[N+]1=C(C)CCC1(C)C. The molecular weight excluding hydrogens is 258 g/mol. The highest BCUT2D eigenvalue weighted by Gasteiger charge is 2.40. The highest BCUT2D eigenvalue weighted by Crippen LogP contribution is 2.30. The molecule has 0 unspecified atom stereocenters. The fourth-order valence-electron chi connectivity index (χ4n) is 2.91. The second-order valence-corrected chi connectivity index (χ2v) is 6.06. The molecule has 1 aromatic rings. The normalized spacial score (nSPS) is 19.0. The van der Waals surface area contributed by atoms with Crippen LogP contribution in [0.5, 0.6) is 0 Å². The van der Waals surface area contributed by atoms with Gasteiger partial charge in [-0.05, 0) is 11.3 Å². The van der Waals surface area contributed by atoms with Crippen LogP contribution >= 0.6 is 0 Å². The number of hydrogen-bond acceptors (Lipinski definition) is 1. The van der Waals surface area contributed by atoms with Gasteiger partial charge in [0.25, 0.3) is 0 Å². The summed E-state index contributed by atoms with van der Waals surface area (Å²) in [6.45, 7) is 10.2. The van der Waals surface area contributed by atoms with E-state index in [9.17, 15) is 5.11 Å². The average molecular weight is 281 g/mol. The van der Waals surface area contributed by atoms with Crippen molar-refractivity contribution in [1.29, 1.82) is 0 Å². The Morgan fingerprint density at radius 2 is 1.95 bits per heavy atom. The van der Waals surface area contributed by atoms with E-state index in [1.807, 2.05) is 42.5 Å². The molecule has 0 radical (unpaired) electrons. The zero-order valence-corrected chi connectivity index (χ0v) is 13.1. The summed E-state index contributed by atoms with van der Waals surface area (Å²) in [4.78, 5) is 0. The Morgan fingerprint density at radius 3 is 2.48 bits per heavy atom. The van der Waals surface area contributed by atoms with Crippen LogP contribution in [0.4, 0.5) is 0 Å². The molecule has 21 heavy (non-hydrogen) atoms. The van der Waals surface area contributed by atoms with Crippen molar-refractivity contribution >= 4 is 11.5 Å². The van der Waals surface area contributed by atoms with Crippen molar-refractivity contribution in [1.82, 2.24) is 0 Å². The Morgan fingerprint density at radius 1 is 1.29 bits per heavy atom. The molecule has 2 heteroatoms. The van der Waals surface area contributed by atoms with Gasteiger partial charge >= 0.3 is 0 Å². The zero-order chi connectivity index (χ0) is 15.5. The van der Waals surface area contributed by atoms with Gasteiger partial charge in [0.1, 0.15) is 0 Å². The third-order valence-electron chi connectivity index (χ3n) is 3.99. The smallest absolute Gasteiger partial charge is 0.198 e. The summed E-state index contributed by atoms with van der Waals surface area (Å²) < 4.78 is 2.18. The van der Waals surface area contributed by atoms with E-state index in [-0.39, 0.29) is 11.3 Å². The molecule has 0 aromatic heterocycles. The number of benzene rings is 1. The molecule has 2 rings (SSSR count). The standard InChI is InChI=1S/C19H23NO/c1-5-6-12-17(18(21)16-10-8-7-9-11-16)20-15(2)13-14-19(20,3)4/h5-12H,1,13-14H2,2-4H3/b12-6+,18-17+. The maximum Gasteiger partial charge on any atom is 0.198 e. The van der Waals surface area contributed by atoms with Crippen molar-refractivity contribution in [2.24, 2.45) is 0 Å². The molecular formula is C19H23NO. The van der Waals surface area contributed by atoms with E-state index >= 15 is 0 Å². The summed E-state index contributed by atoms with van der Waals surface area (Å²) in [5.41, 5.74) is 2.65. The van der Waals surface area contributed by atoms with Crippen LogP contribution in [0, 0.1) is 0 Å². The van der Waals surface area contributed by atoms with Crippen molar-refractivity contribution in [2.45, 2.75) is 39.2 Å². The van der Waals surface area contributed by atoms with Gasteiger partial charge in [-0.1, -0.05) is 49.1 Å². The van der Waals surface area contributed by atoms with E-state index in [0.29, 0.717) is 0 Å². The van der Waals surface area contributed by atoms with Gasteiger partial charge in [0, 0.05) is 39.7 Å². The second-order valence-electron chi connectivity index (χ2n) is 6.06. The van der Waals surface area contributed by atoms with E-state index < -0.39 is 0 Å². The van der Waals surface area contributed by atoms with Gasteiger partial charge in [-0.25, -0.2) is 0 Å². The van der Waals surface area contributed by atoms with E-state index in [4.69, 9.17) is 0 Å². The number of allylic oxidation sites excluding steroid dienone is 3. The Kier molecular flexibility index (Phi) is 4.46. The molecule has 0 saturated carbocycles. The molecule has 1 aliphatic rings. The van der Waals surface area contributed by atoms with Crippen LogP contribution in [-0.4, -0.2) is 15.8 Å². The maximum absolute atomic E-state index is 12.9. The summed E-state index contributed by atoms with van der Waals surface area (Å²) >= 11 is 0. The van der Waals surface area contributed by atoms with Crippen LogP contribution < -0.4 is 5.11 Å². The predicted molar refractivity (Wildman–Crippen MR) is 87.0 cm³/mol. The second kappa shape index (κ2) is 6.13. The lowest BCUT2D eigenvalue weighted by Crippen LogP contribution is -2.34. The molecule has 110 valence electrons. The van der Waals surface area contributed by atoms with Gasteiger partial charge in [-0.15, -0.1) is 0 Å². The minimum Gasteiger partial charge on any atom is -0.868 e. The van der Waals surface area contributed by atoms with Crippen LogP contribution in [-0.2, 0) is 0 Å². The molecule has 0 N–H and O–H groups in total. The molecule has 0 amide bonds. The number of rotatable bonds is 4. The van der Waals surface area contributed by atoms with Gasteiger partial charge in [0.2, 0.25) is 0 Å². The van der Waals surface area contributed by atoms with Crippen LogP contribution in [0.25, 0.3) is 5.76 Å². The summed E-state index contributed by atoms with van der Waals surface area (Å²) in [6.07, 6.45) is 7.50. The molecule has 1 heterocycles. The van der Waals surface area contributed by atoms with E-state index in [1.165, 1.54) is 5.71 Å². The van der Waals surface area contributed by atoms with Crippen molar-refractivity contribution in [3.63, 3.8) is 0 Å². The van der Waals surface area contributed by atoms with Gasteiger partial charge in [0.05, 0.1) is 0 Å². The quantitative estimate of drug-likeness (QED) is 0.471. The molecule has 0 fully saturated rings. The zero-order valence-electron chi connectivity index (χ0n) is 13.1. The third-order valence-corrected chi connectivity index (χ3v) is 3.99. The van der Waals surface area contributed by atoms with Gasteiger partial charge < -0.3 is 5.11 Å². The van der Waals surface area contributed by atoms with E-state index in [2.05, 4.69) is 31.9 Å². The Hall–Kier alpha value is -2.09. The van der Waals surface area contributed by atoms with E-state index in [1.54, 1.807) is 6.08 Å². The highest BCUT2D eigenvalue weighted by atomic mass is 16.3. The largest absolute Gasteiger partial charge is 0.868 e. The van der Waals surface area contributed by atoms with Gasteiger partial charge in [-0.3, -0.25) is 0 Å². The van der Waals surface area contributed by atoms with Crippen molar-refractivity contribution in [3.05, 3.63) is 66.4 Å². The lowest BCUT2D eigenvalue weighted by Gasteiger charge is -2.22. The molecule has 0 aliphatic carbocycles. The fraction of sp³-hybridized carbons (Fsp3) is 0.316.